The maximum Gasteiger partial charge on any atom is 0.255 e. The normalized spacial score (nSPS) is 16.1. The third-order valence-corrected chi connectivity index (χ3v) is 4.86. The number of hydrogen-bond acceptors (Lipinski definition) is 4. The minimum Gasteiger partial charge on any atom is -0.393 e. The number of benzene rings is 1. The van der Waals surface area contributed by atoms with E-state index in [1.807, 2.05) is 26.0 Å². The standard InChI is InChI=1S/C19H26N4O2/c1-13-18(14(2)22-21-13)19(25)20-11-15-5-3-4-6-16(15)12-23-9-7-17(24)8-10-23/h3-6,17,24H,7-12H2,1-2H3,(H,20,25)(H,21,22). The lowest BCUT2D eigenvalue weighted by atomic mass is 10.0. The molecule has 0 atom stereocenters. The number of aliphatic hydroxyl groups excluding tert-OH is 1. The Balaban J connectivity index is 1.64. The Morgan fingerprint density at radius 1 is 1.28 bits per heavy atom. The Hall–Kier alpha value is -2.18. The first-order chi connectivity index (χ1) is 12.0. The number of carbonyl (C=O) groups excluding carboxylic acids is 1. The fourth-order valence-electron chi connectivity index (χ4n) is 3.35. The lowest BCUT2D eigenvalue weighted by Gasteiger charge is -2.30. The van der Waals surface area contributed by atoms with Crippen molar-refractivity contribution in [1.29, 1.82) is 0 Å². The molecule has 134 valence electrons. The fourth-order valence-corrected chi connectivity index (χ4v) is 3.35. The minimum absolute atomic E-state index is 0.0975. The molecule has 1 fully saturated rings. The Kier molecular flexibility index (Phi) is 5.50. The molecule has 1 amide bonds. The summed E-state index contributed by atoms with van der Waals surface area (Å²) in [6.45, 7) is 6.85. The van der Waals surface area contributed by atoms with Gasteiger partial charge in [0.15, 0.2) is 0 Å². The second-order valence-electron chi connectivity index (χ2n) is 6.77. The Morgan fingerprint density at radius 3 is 2.60 bits per heavy atom. The smallest absolute Gasteiger partial charge is 0.255 e. The van der Waals surface area contributed by atoms with Gasteiger partial charge < -0.3 is 10.4 Å². The predicted octanol–water partition coefficient (Wildman–Crippen LogP) is 1.91. The number of aryl methyl sites for hydroxylation is 2. The van der Waals surface area contributed by atoms with Gasteiger partial charge in [-0.1, -0.05) is 24.3 Å². The maximum absolute atomic E-state index is 12.4. The number of nitrogens with one attached hydrogen (secondary N) is 2. The van der Waals surface area contributed by atoms with Crippen LogP contribution in [0.25, 0.3) is 0 Å². The van der Waals surface area contributed by atoms with E-state index in [2.05, 4.69) is 32.5 Å². The second-order valence-corrected chi connectivity index (χ2v) is 6.77. The predicted molar refractivity (Wildman–Crippen MR) is 96.2 cm³/mol. The molecular weight excluding hydrogens is 316 g/mol. The van der Waals surface area contributed by atoms with E-state index in [-0.39, 0.29) is 12.0 Å². The van der Waals surface area contributed by atoms with Gasteiger partial charge in [-0.15, -0.1) is 0 Å². The highest BCUT2D eigenvalue weighted by Crippen LogP contribution is 2.17. The van der Waals surface area contributed by atoms with Gasteiger partial charge in [0.25, 0.3) is 5.91 Å². The van der Waals surface area contributed by atoms with E-state index in [0.717, 1.165) is 49.4 Å². The molecule has 25 heavy (non-hydrogen) atoms. The van der Waals surface area contributed by atoms with Gasteiger partial charge in [-0.2, -0.15) is 5.10 Å². The summed E-state index contributed by atoms with van der Waals surface area (Å²) < 4.78 is 0. The average Bonchev–Trinajstić information content (AvgIpc) is 2.94. The zero-order valence-electron chi connectivity index (χ0n) is 14.9. The first kappa shape index (κ1) is 17.6. The highest BCUT2D eigenvalue weighted by atomic mass is 16.3. The first-order valence-electron chi connectivity index (χ1n) is 8.81. The number of carbonyl (C=O) groups is 1. The third-order valence-electron chi connectivity index (χ3n) is 4.86. The van der Waals surface area contributed by atoms with Crippen LogP contribution in [0.2, 0.25) is 0 Å². The van der Waals surface area contributed by atoms with Crippen LogP contribution in [0.1, 0.15) is 45.7 Å². The maximum atomic E-state index is 12.4. The van der Waals surface area contributed by atoms with Gasteiger partial charge in [0.05, 0.1) is 17.4 Å². The topological polar surface area (TPSA) is 81.2 Å². The molecule has 0 spiro atoms. The number of amides is 1. The largest absolute Gasteiger partial charge is 0.393 e. The monoisotopic (exact) mass is 342 g/mol. The molecule has 0 bridgehead atoms. The van der Waals surface area contributed by atoms with E-state index in [9.17, 15) is 9.90 Å². The average molecular weight is 342 g/mol. The van der Waals surface area contributed by atoms with Crippen molar-refractivity contribution in [3.05, 3.63) is 52.3 Å². The summed E-state index contributed by atoms with van der Waals surface area (Å²) in [5, 5.41) is 19.6. The van der Waals surface area contributed by atoms with Gasteiger partial charge in [-0.05, 0) is 37.8 Å². The van der Waals surface area contributed by atoms with Crippen LogP contribution in [-0.2, 0) is 13.1 Å². The van der Waals surface area contributed by atoms with Gasteiger partial charge in [0, 0.05) is 31.9 Å². The van der Waals surface area contributed by atoms with E-state index >= 15 is 0 Å². The van der Waals surface area contributed by atoms with Gasteiger partial charge in [0.2, 0.25) is 0 Å². The van der Waals surface area contributed by atoms with Crippen molar-refractivity contribution in [3.8, 4) is 0 Å². The van der Waals surface area contributed by atoms with Crippen LogP contribution in [0.3, 0.4) is 0 Å². The summed E-state index contributed by atoms with van der Waals surface area (Å²) in [5.74, 6) is -0.0975. The van der Waals surface area contributed by atoms with Crippen molar-refractivity contribution < 1.29 is 9.90 Å². The molecule has 2 aromatic rings. The highest BCUT2D eigenvalue weighted by Gasteiger charge is 2.19. The second kappa shape index (κ2) is 7.80. The molecule has 0 radical (unpaired) electrons. The molecule has 6 nitrogen and oxygen atoms in total. The molecule has 3 N–H and O–H groups in total. The number of piperidine rings is 1. The first-order valence-corrected chi connectivity index (χ1v) is 8.81. The molecular formula is C19H26N4O2. The van der Waals surface area contributed by atoms with Gasteiger partial charge in [-0.25, -0.2) is 0 Å². The summed E-state index contributed by atoms with van der Waals surface area (Å²) in [5.41, 5.74) is 4.48. The van der Waals surface area contributed by atoms with Crippen LogP contribution in [0, 0.1) is 13.8 Å². The van der Waals surface area contributed by atoms with Crippen LogP contribution in [0.4, 0.5) is 0 Å². The number of nitrogens with zero attached hydrogens (tertiary/aromatic N) is 2. The van der Waals surface area contributed by atoms with Gasteiger partial charge >= 0.3 is 0 Å². The number of aliphatic hydroxyl groups is 1. The van der Waals surface area contributed by atoms with Crippen LogP contribution in [0.15, 0.2) is 24.3 Å². The number of aromatic nitrogens is 2. The lowest BCUT2D eigenvalue weighted by molar-refractivity contribution is 0.0790. The summed E-state index contributed by atoms with van der Waals surface area (Å²) in [6.07, 6.45) is 1.50. The number of likely N-dealkylation sites (tertiary alicyclic amines) is 1. The van der Waals surface area contributed by atoms with Gasteiger partial charge in [0.1, 0.15) is 0 Å². The Labute approximate surface area is 148 Å². The van der Waals surface area contributed by atoms with Gasteiger partial charge in [-0.3, -0.25) is 14.8 Å². The fraction of sp³-hybridized carbons (Fsp3) is 0.474. The summed E-state index contributed by atoms with van der Waals surface area (Å²) in [7, 11) is 0. The van der Waals surface area contributed by atoms with E-state index < -0.39 is 0 Å². The SMILES string of the molecule is Cc1n[nH]c(C)c1C(=O)NCc1ccccc1CN1CCC(O)CC1. The molecule has 0 aliphatic carbocycles. The molecule has 6 heteroatoms. The molecule has 1 aromatic heterocycles. The van der Waals surface area contributed by atoms with E-state index in [1.54, 1.807) is 0 Å². The van der Waals surface area contributed by atoms with Crippen molar-refractivity contribution in [2.75, 3.05) is 13.1 Å². The van der Waals surface area contributed by atoms with E-state index in [4.69, 9.17) is 0 Å². The molecule has 1 aromatic carbocycles. The molecule has 1 saturated heterocycles. The van der Waals surface area contributed by atoms with Crippen molar-refractivity contribution in [3.63, 3.8) is 0 Å². The molecule has 1 aliphatic heterocycles. The van der Waals surface area contributed by atoms with E-state index in [1.165, 1.54) is 5.56 Å². The summed E-state index contributed by atoms with van der Waals surface area (Å²) >= 11 is 0. The number of H-pyrrole nitrogens is 1. The Morgan fingerprint density at radius 2 is 1.96 bits per heavy atom. The van der Waals surface area contributed by atoms with Crippen LogP contribution >= 0.6 is 0 Å². The molecule has 1 aliphatic rings. The van der Waals surface area contributed by atoms with Crippen LogP contribution < -0.4 is 5.32 Å². The van der Waals surface area contributed by atoms with Crippen LogP contribution in [-0.4, -0.2) is 45.3 Å². The lowest BCUT2D eigenvalue weighted by Crippen LogP contribution is -2.35. The summed E-state index contributed by atoms with van der Waals surface area (Å²) in [6, 6.07) is 8.20. The number of hydrogen-bond donors (Lipinski definition) is 3. The molecule has 0 saturated carbocycles. The van der Waals surface area contributed by atoms with Crippen molar-refractivity contribution >= 4 is 5.91 Å². The quantitative estimate of drug-likeness (QED) is 0.775. The van der Waals surface area contributed by atoms with Crippen molar-refractivity contribution in [1.82, 2.24) is 20.4 Å². The zero-order chi connectivity index (χ0) is 17.8. The number of aromatic amines is 1. The minimum atomic E-state index is -0.160. The molecule has 2 heterocycles. The van der Waals surface area contributed by atoms with E-state index in [0.29, 0.717) is 12.1 Å². The molecule has 3 rings (SSSR count). The van der Waals surface area contributed by atoms with Crippen molar-refractivity contribution in [2.45, 2.75) is 45.9 Å². The third kappa shape index (κ3) is 4.27. The summed E-state index contributed by atoms with van der Waals surface area (Å²) in [4.78, 5) is 14.8. The number of rotatable bonds is 5. The van der Waals surface area contributed by atoms with Crippen LogP contribution in [0.5, 0.6) is 0 Å². The highest BCUT2D eigenvalue weighted by molar-refractivity contribution is 5.96. The zero-order valence-corrected chi connectivity index (χ0v) is 14.9. The molecule has 0 unspecified atom stereocenters. The van der Waals surface area contributed by atoms with Crippen molar-refractivity contribution in [2.24, 2.45) is 0 Å². The Bertz CT molecular complexity index is 713.